The van der Waals surface area contributed by atoms with Crippen LogP contribution in [0.3, 0.4) is 0 Å². The van der Waals surface area contributed by atoms with Crippen molar-refractivity contribution in [3.8, 4) is 57.3 Å². The van der Waals surface area contributed by atoms with E-state index < -0.39 is 63.6 Å². The van der Waals surface area contributed by atoms with Gasteiger partial charge in [0.15, 0.2) is 28.8 Å². The third-order valence-electron chi connectivity index (χ3n) is 6.43. The summed E-state index contributed by atoms with van der Waals surface area (Å²) >= 11 is 0. The highest BCUT2D eigenvalue weighted by atomic mass is 16.5. The average Bonchev–Trinajstić information content (AvgIpc) is 2.94. The lowest BCUT2D eigenvalue weighted by atomic mass is 9.85. The standard InChI is InChI=1S/C28H26O12/c1-36-19-8-6-13(26(38-3)27(19)39-4)14(10-20(33)37-2)21-17(31)11-18(32)22-23(34)24(35)25(40-28(21)22)12-5-7-15(29)16(30)9-12/h5-9,11,14,29-32,35H,10H2,1-4H3/t14-/m1/s1. The van der Waals surface area contributed by atoms with Gasteiger partial charge < -0.3 is 48.9 Å². The summed E-state index contributed by atoms with van der Waals surface area (Å²) in [5, 5.41) is 51.6. The smallest absolute Gasteiger partial charge is 0.306 e. The van der Waals surface area contributed by atoms with E-state index in [1.807, 2.05) is 0 Å². The number of rotatable bonds is 8. The average molecular weight is 555 g/mol. The van der Waals surface area contributed by atoms with Crippen molar-refractivity contribution in [1.82, 2.24) is 0 Å². The van der Waals surface area contributed by atoms with Gasteiger partial charge in [0.05, 0.1) is 34.9 Å². The minimum Gasteiger partial charge on any atom is -0.507 e. The molecule has 0 amide bonds. The van der Waals surface area contributed by atoms with Crippen LogP contribution in [-0.2, 0) is 9.53 Å². The van der Waals surface area contributed by atoms with Crippen LogP contribution in [-0.4, -0.2) is 59.9 Å². The number of phenols is 4. The number of carbonyl (C=O) groups excluding carboxylic acids is 1. The summed E-state index contributed by atoms with van der Waals surface area (Å²) in [6, 6.07) is 7.42. The zero-order valence-corrected chi connectivity index (χ0v) is 21.8. The Labute approximate surface area is 226 Å². The Morgan fingerprint density at radius 2 is 1.52 bits per heavy atom. The number of phenolic OH excluding ortho intramolecular Hbond substituents is 4. The Bertz CT molecular complexity index is 1670. The van der Waals surface area contributed by atoms with Crippen molar-refractivity contribution >= 4 is 16.9 Å². The van der Waals surface area contributed by atoms with E-state index in [0.717, 1.165) is 18.2 Å². The highest BCUT2D eigenvalue weighted by molar-refractivity contribution is 5.92. The lowest BCUT2D eigenvalue weighted by Gasteiger charge is -2.24. The van der Waals surface area contributed by atoms with Crippen LogP contribution in [0.2, 0.25) is 0 Å². The maximum atomic E-state index is 13.3. The van der Waals surface area contributed by atoms with Gasteiger partial charge in [0, 0.05) is 28.7 Å². The molecule has 0 aliphatic rings. The molecule has 0 bridgehead atoms. The Morgan fingerprint density at radius 1 is 0.825 bits per heavy atom. The van der Waals surface area contributed by atoms with Crippen molar-refractivity contribution in [2.24, 2.45) is 0 Å². The summed E-state index contributed by atoms with van der Waals surface area (Å²) in [5.41, 5.74) is -1.25. The first-order chi connectivity index (χ1) is 19.1. The molecule has 40 heavy (non-hydrogen) atoms. The monoisotopic (exact) mass is 554 g/mol. The van der Waals surface area contributed by atoms with E-state index in [2.05, 4.69) is 0 Å². The van der Waals surface area contributed by atoms with E-state index in [1.54, 1.807) is 12.1 Å². The van der Waals surface area contributed by atoms with Gasteiger partial charge in [-0.05, 0) is 24.3 Å². The topological polar surface area (TPSA) is 185 Å². The Balaban J connectivity index is 2.14. The molecule has 5 N–H and O–H groups in total. The molecule has 0 radical (unpaired) electrons. The number of carbonyl (C=O) groups is 1. The predicted octanol–water partition coefficient (Wildman–Crippen LogP) is 3.71. The lowest BCUT2D eigenvalue weighted by molar-refractivity contribution is -0.140. The van der Waals surface area contributed by atoms with Crippen LogP contribution in [0.25, 0.3) is 22.3 Å². The van der Waals surface area contributed by atoms with E-state index >= 15 is 0 Å². The first-order valence-electron chi connectivity index (χ1n) is 11.7. The molecule has 0 unspecified atom stereocenters. The fourth-order valence-electron chi connectivity index (χ4n) is 4.56. The van der Waals surface area contributed by atoms with Gasteiger partial charge in [-0.3, -0.25) is 9.59 Å². The Kier molecular flexibility index (Phi) is 7.53. The van der Waals surface area contributed by atoms with Gasteiger partial charge in [0.2, 0.25) is 16.9 Å². The molecule has 0 saturated heterocycles. The number of benzene rings is 3. The molecule has 1 aromatic heterocycles. The van der Waals surface area contributed by atoms with Gasteiger partial charge in [0.25, 0.3) is 0 Å². The summed E-state index contributed by atoms with van der Waals surface area (Å²) in [6.07, 6.45) is -0.393. The zero-order valence-electron chi connectivity index (χ0n) is 21.8. The number of aromatic hydroxyl groups is 5. The molecule has 0 aliphatic carbocycles. The summed E-state index contributed by atoms with van der Waals surface area (Å²) in [7, 11) is 5.34. The number of hydrogen-bond acceptors (Lipinski definition) is 12. The van der Waals surface area contributed by atoms with Crippen LogP contribution in [0, 0.1) is 0 Å². The van der Waals surface area contributed by atoms with E-state index in [0.29, 0.717) is 11.3 Å². The van der Waals surface area contributed by atoms with Gasteiger partial charge in [-0.25, -0.2) is 0 Å². The Hall–Kier alpha value is -5.26. The first kappa shape index (κ1) is 27.8. The second kappa shape index (κ2) is 10.8. The minimum atomic E-state index is -1.11. The second-order valence-corrected chi connectivity index (χ2v) is 8.60. The van der Waals surface area contributed by atoms with Crippen LogP contribution in [0.15, 0.2) is 45.6 Å². The highest BCUT2D eigenvalue weighted by Gasteiger charge is 2.33. The van der Waals surface area contributed by atoms with Crippen LogP contribution in [0.5, 0.6) is 46.0 Å². The van der Waals surface area contributed by atoms with Crippen molar-refractivity contribution in [2.45, 2.75) is 12.3 Å². The molecule has 0 fully saturated rings. The number of ether oxygens (including phenoxy) is 4. The largest absolute Gasteiger partial charge is 0.507 e. The fourth-order valence-corrected chi connectivity index (χ4v) is 4.56. The quantitative estimate of drug-likeness (QED) is 0.157. The van der Waals surface area contributed by atoms with Crippen molar-refractivity contribution in [1.29, 1.82) is 0 Å². The lowest BCUT2D eigenvalue weighted by Crippen LogP contribution is -2.14. The number of methoxy groups -OCH3 is 4. The molecule has 12 nitrogen and oxygen atoms in total. The van der Waals surface area contributed by atoms with Gasteiger partial charge in [-0.15, -0.1) is 0 Å². The van der Waals surface area contributed by atoms with Gasteiger partial charge in [-0.1, -0.05) is 6.07 Å². The molecule has 210 valence electrons. The molecule has 0 spiro atoms. The molecule has 4 aromatic rings. The summed E-state index contributed by atoms with van der Waals surface area (Å²) < 4.78 is 27.2. The van der Waals surface area contributed by atoms with Gasteiger partial charge in [0.1, 0.15) is 22.5 Å². The normalized spacial score (nSPS) is 11.7. The number of fused-ring (bicyclic) bond motifs is 1. The third kappa shape index (κ3) is 4.59. The third-order valence-corrected chi connectivity index (χ3v) is 6.43. The minimum absolute atomic E-state index is 0.00574. The van der Waals surface area contributed by atoms with Crippen molar-refractivity contribution in [2.75, 3.05) is 28.4 Å². The number of hydrogen-bond donors (Lipinski definition) is 5. The SMILES string of the molecule is COC(=O)C[C@H](c1ccc(OC)c(OC)c1OC)c1c(O)cc(O)c2c(=O)c(O)c(-c3ccc(O)c(O)c3)oc12. The molecule has 12 heteroatoms. The van der Waals surface area contributed by atoms with E-state index in [-0.39, 0.29) is 28.2 Å². The van der Waals surface area contributed by atoms with Crippen LogP contribution in [0.1, 0.15) is 23.5 Å². The first-order valence-corrected chi connectivity index (χ1v) is 11.7. The van der Waals surface area contributed by atoms with E-state index in [9.17, 15) is 35.1 Å². The van der Waals surface area contributed by atoms with Crippen molar-refractivity contribution in [3.05, 3.63) is 57.7 Å². The van der Waals surface area contributed by atoms with Crippen molar-refractivity contribution in [3.63, 3.8) is 0 Å². The van der Waals surface area contributed by atoms with Crippen LogP contribution in [0.4, 0.5) is 0 Å². The van der Waals surface area contributed by atoms with Crippen molar-refractivity contribution < 1.29 is 53.7 Å². The maximum absolute atomic E-state index is 13.3. The zero-order chi connectivity index (χ0) is 29.3. The number of esters is 1. The van der Waals surface area contributed by atoms with E-state index in [1.165, 1.54) is 34.5 Å². The Morgan fingerprint density at radius 3 is 2.12 bits per heavy atom. The molecule has 1 atom stereocenters. The molecular formula is C28H26O12. The maximum Gasteiger partial charge on any atom is 0.306 e. The van der Waals surface area contributed by atoms with E-state index in [4.69, 9.17) is 23.4 Å². The summed E-state index contributed by atoms with van der Waals surface area (Å²) in [5.74, 6) is -4.79. The predicted molar refractivity (Wildman–Crippen MR) is 141 cm³/mol. The fraction of sp³-hybridized carbons (Fsp3) is 0.214. The molecule has 4 rings (SSSR count). The molecule has 0 aliphatic heterocycles. The van der Waals surface area contributed by atoms with Gasteiger partial charge in [-0.2, -0.15) is 0 Å². The summed E-state index contributed by atoms with van der Waals surface area (Å²) in [6.45, 7) is 0. The molecule has 0 saturated carbocycles. The molecule has 1 heterocycles. The second-order valence-electron chi connectivity index (χ2n) is 8.60. The molecule has 3 aromatic carbocycles. The van der Waals surface area contributed by atoms with Crippen LogP contribution < -0.4 is 19.6 Å². The summed E-state index contributed by atoms with van der Waals surface area (Å²) in [4.78, 5) is 25.9. The van der Waals surface area contributed by atoms with Crippen LogP contribution >= 0.6 is 0 Å². The molecular weight excluding hydrogens is 528 g/mol. The van der Waals surface area contributed by atoms with Gasteiger partial charge >= 0.3 is 5.97 Å². The highest BCUT2D eigenvalue weighted by Crippen LogP contribution is 2.50.